The summed E-state index contributed by atoms with van der Waals surface area (Å²) in [4.78, 5) is 24.2. The third-order valence-corrected chi connectivity index (χ3v) is 4.49. The number of allylic oxidation sites excluding steroid dienone is 1. The van der Waals surface area contributed by atoms with Crippen LogP contribution in [-0.4, -0.2) is 29.7 Å². The molecule has 164 valence electrons. The normalized spacial score (nSPS) is 10.7. The van der Waals surface area contributed by atoms with Gasteiger partial charge in [-0.15, -0.1) is 6.58 Å². The van der Waals surface area contributed by atoms with E-state index in [4.69, 9.17) is 4.74 Å². The van der Waals surface area contributed by atoms with Gasteiger partial charge in [-0.2, -0.15) is 5.10 Å². The van der Waals surface area contributed by atoms with Gasteiger partial charge in [0.2, 0.25) is 11.8 Å². The van der Waals surface area contributed by atoms with Gasteiger partial charge in [-0.3, -0.25) is 9.59 Å². The molecule has 0 saturated carbocycles. The Morgan fingerprint density at radius 1 is 1.16 bits per heavy atom. The number of ether oxygens (including phenoxy) is 1. The van der Waals surface area contributed by atoms with Gasteiger partial charge in [0.05, 0.1) is 12.8 Å². The van der Waals surface area contributed by atoms with Gasteiger partial charge >= 0.3 is 0 Å². The number of hydrazone groups is 1. The van der Waals surface area contributed by atoms with E-state index in [-0.39, 0.29) is 30.4 Å². The number of anilines is 1. The van der Waals surface area contributed by atoms with Crippen LogP contribution in [0.2, 0.25) is 0 Å². The number of rotatable bonds is 10. The largest absolute Gasteiger partial charge is 0.504 e. The van der Waals surface area contributed by atoms with Crippen molar-refractivity contribution in [1.82, 2.24) is 5.43 Å². The Bertz CT molecular complexity index is 983. The number of phenols is 1. The van der Waals surface area contributed by atoms with Crippen LogP contribution < -0.4 is 15.5 Å². The molecule has 7 nitrogen and oxygen atoms in total. The lowest BCUT2D eigenvalue weighted by Crippen LogP contribution is -2.21. The topological polar surface area (TPSA) is 100 Å². The van der Waals surface area contributed by atoms with Crippen LogP contribution in [0.1, 0.15) is 42.0 Å². The van der Waals surface area contributed by atoms with Gasteiger partial charge in [-0.25, -0.2) is 5.43 Å². The van der Waals surface area contributed by atoms with Crippen LogP contribution in [0.5, 0.6) is 11.5 Å². The minimum Gasteiger partial charge on any atom is -0.504 e. The summed E-state index contributed by atoms with van der Waals surface area (Å²) >= 11 is 0. The van der Waals surface area contributed by atoms with E-state index in [2.05, 4.69) is 22.4 Å². The van der Waals surface area contributed by atoms with Crippen molar-refractivity contribution in [2.45, 2.75) is 40.0 Å². The SMILES string of the molecule is C=CCc1cc(/C=N/NC(=O)CCC(=O)Nc2cc(C)ccc2C)cc(OCC)c1O. The molecule has 0 aliphatic heterocycles. The highest BCUT2D eigenvalue weighted by molar-refractivity contribution is 5.94. The molecule has 0 saturated heterocycles. The molecule has 7 heteroatoms. The summed E-state index contributed by atoms with van der Waals surface area (Å²) in [6, 6.07) is 9.19. The first-order chi connectivity index (χ1) is 14.8. The second-order valence-corrected chi connectivity index (χ2v) is 7.11. The second kappa shape index (κ2) is 11.5. The maximum atomic E-state index is 12.1. The number of carbonyl (C=O) groups is 2. The molecular weight excluding hydrogens is 394 g/mol. The van der Waals surface area contributed by atoms with E-state index in [1.165, 1.54) is 6.21 Å². The highest BCUT2D eigenvalue weighted by atomic mass is 16.5. The first kappa shape index (κ1) is 23.7. The molecule has 0 spiro atoms. The number of amides is 2. The Balaban J connectivity index is 1.91. The molecule has 0 atom stereocenters. The number of nitrogens with one attached hydrogen (secondary N) is 2. The van der Waals surface area contributed by atoms with E-state index in [0.29, 0.717) is 29.9 Å². The number of carbonyl (C=O) groups excluding carboxylic acids is 2. The standard InChI is InChI=1S/C24H29N3O4/c1-5-7-19-13-18(14-21(24(19)30)31-6-2)15-25-27-23(29)11-10-22(28)26-20-12-16(3)8-9-17(20)4/h5,8-9,12-15,30H,1,6-7,10-11H2,2-4H3,(H,26,28)(H,27,29)/b25-15+. The Hall–Kier alpha value is -3.61. The molecule has 0 unspecified atom stereocenters. The van der Waals surface area contributed by atoms with Crippen LogP contribution in [0.3, 0.4) is 0 Å². The molecule has 2 aromatic carbocycles. The van der Waals surface area contributed by atoms with Crippen molar-refractivity contribution in [3.05, 3.63) is 65.2 Å². The van der Waals surface area contributed by atoms with Crippen molar-refractivity contribution < 1.29 is 19.4 Å². The summed E-state index contributed by atoms with van der Waals surface area (Å²) in [6.07, 6.45) is 3.66. The van der Waals surface area contributed by atoms with Crippen LogP contribution in [0.25, 0.3) is 0 Å². The first-order valence-electron chi connectivity index (χ1n) is 10.1. The molecule has 0 aliphatic carbocycles. The minimum atomic E-state index is -0.373. The lowest BCUT2D eigenvalue weighted by Gasteiger charge is -2.11. The summed E-state index contributed by atoms with van der Waals surface area (Å²) in [7, 11) is 0. The van der Waals surface area contributed by atoms with Crippen molar-refractivity contribution in [1.29, 1.82) is 0 Å². The molecule has 3 N–H and O–H groups in total. The zero-order valence-corrected chi connectivity index (χ0v) is 18.2. The van der Waals surface area contributed by atoms with E-state index in [9.17, 15) is 14.7 Å². The fourth-order valence-corrected chi connectivity index (χ4v) is 2.89. The van der Waals surface area contributed by atoms with E-state index in [1.807, 2.05) is 39.0 Å². The predicted molar refractivity (Wildman–Crippen MR) is 123 cm³/mol. The number of aryl methyl sites for hydroxylation is 2. The molecule has 0 aliphatic rings. The Morgan fingerprint density at radius 3 is 2.61 bits per heavy atom. The molecule has 2 aromatic rings. The van der Waals surface area contributed by atoms with Crippen molar-refractivity contribution >= 4 is 23.7 Å². The monoisotopic (exact) mass is 423 g/mol. The molecule has 2 amide bonds. The van der Waals surface area contributed by atoms with E-state index in [1.54, 1.807) is 18.2 Å². The van der Waals surface area contributed by atoms with Gasteiger partial charge in [0, 0.05) is 24.1 Å². The lowest BCUT2D eigenvalue weighted by molar-refractivity contribution is -0.124. The van der Waals surface area contributed by atoms with E-state index >= 15 is 0 Å². The molecule has 0 radical (unpaired) electrons. The zero-order valence-electron chi connectivity index (χ0n) is 18.2. The summed E-state index contributed by atoms with van der Waals surface area (Å²) in [5.74, 6) is -0.195. The predicted octanol–water partition coefficient (Wildman–Crippen LogP) is 4.01. The minimum absolute atomic E-state index is 0.00945. The van der Waals surface area contributed by atoms with Crippen LogP contribution in [0.4, 0.5) is 5.69 Å². The molecule has 2 rings (SSSR count). The Morgan fingerprint density at radius 2 is 1.90 bits per heavy atom. The van der Waals surface area contributed by atoms with Gasteiger partial charge in [0.25, 0.3) is 0 Å². The lowest BCUT2D eigenvalue weighted by atomic mass is 10.1. The van der Waals surface area contributed by atoms with Crippen LogP contribution >= 0.6 is 0 Å². The first-order valence-corrected chi connectivity index (χ1v) is 10.1. The molecule has 0 fully saturated rings. The van der Waals surface area contributed by atoms with Crippen LogP contribution in [0.15, 0.2) is 48.1 Å². The number of aromatic hydroxyl groups is 1. The third-order valence-electron chi connectivity index (χ3n) is 4.49. The second-order valence-electron chi connectivity index (χ2n) is 7.11. The average molecular weight is 424 g/mol. The number of hydrogen-bond donors (Lipinski definition) is 3. The quantitative estimate of drug-likeness (QED) is 0.305. The average Bonchev–Trinajstić information content (AvgIpc) is 2.73. The number of benzene rings is 2. The van der Waals surface area contributed by atoms with Crippen molar-refractivity contribution in [2.75, 3.05) is 11.9 Å². The van der Waals surface area contributed by atoms with E-state index < -0.39 is 0 Å². The van der Waals surface area contributed by atoms with E-state index in [0.717, 1.165) is 16.8 Å². The highest BCUT2D eigenvalue weighted by Gasteiger charge is 2.10. The van der Waals surface area contributed by atoms with Gasteiger partial charge in [-0.1, -0.05) is 18.2 Å². The van der Waals surface area contributed by atoms with Gasteiger partial charge in [0.1, 0.15) is 0 Å². The summed E-state index contributed by atoms with van der Waals surface area (Å²) in [6.45, 7) is 9.78. The maximum Gasteiger partial charge on any atom is 0.240 e. The van der Waals surface area contributed by atoms with Gasteiger partial charge in [-0.05, 0) is 62.1 Å². The molecule has 0 heterocycles. The summed E-state index contributed by atoms with van der Waals surface area (Å²) < 4.78 is 5.44. The molecule has 0 aromatic heterocycles. The molecular formula is C24H29N3O4. The molecule has 31 heavy (non-hydrogen) atoms. The van der Waals surface area contributed by atoms with Crippen molar-refractivity contribution in [3.8, 4) is 11.5 Å². The molecule has 0 bridgehead atoms. The van der Waals surface area contributed by atoms with Crippen LogP contribution in [0, 0.1) is 13.8 Å². The van der Waals surface area contributed by atoms with Crippen molar-refractivity contribution in [3.63, 3.8) is 0 Å². The Kier molecular flexibility index (Phi) is 8.81. The van der Waals surface area contributed by atoms with Crippen LogP contribution in [-0.2, 0) is 16.0 Å². The summed E-state index contributed by atoms with van der Waals surface area (Å²) in [5, 5.41) is 17.0. The fourth-order valence-electron chi connectivity index (χ4n) is 2.89. The van der Waals surface area contributed by atoms with Gasteiger partial charge in [0.15, 0.2) is 11.5 Å². The zero-order chi connectivity index (χ0) is 22.8. The number of nitrogens with zero attached hydrogens (tertiary/aromatic N) is 1. The Labute approximate surface area is 182 Å². The smallest absolute Gasteiger partial charge is 0.240 e. The highest BCUT2D eigenvalue weighted by Crippen LogP contribution is 2.31. The fraction of sp³-hybridized carbons (Fsp3) is 0.292. The van der Waals surface area contributed by atoms with Crippen molar-refractivity contribution in [2.24, 2.45) is 5.10 Å². The third kappa shape index (κ3) is 7.29. The number of hydrogen-bond acceptors (Lipinski definition) is 5. The maximum absolute atomic E-state index is 12.1. The van der Waals surface area contributed by atoms with Gasteiger partial charge < -0.3 is 15.2 Å². The summed E-state index contributed by atoms with van der Waals surface area (Å²) in [5.41, 5.74) is 6.48. The number of phenolic OH excluding ortho intramolecular Hbond substituents is 1.